The minimum absolute atomic E-state index is 0.0436. The number of benzene rings is 1. The molecule has 0 saturated carbocycles. The van der Waals surface area contributed by atoms with E-state index in [0.29, 0.717) is 44.2 Å². The lowest BCUT2D eigenvalue weighted by Crippen LogP contribution is -2.51. The zero-order chi connectivity index (χ0) is 16.2. The third kappa shape index (κ3) is 4.12. The second kappa shape index (κ2) is 7.45. The highest BCUT2D eigenvalue weighted by Gasteiger charge is 2.27. The van der Waals surface area contributed by atoms with Crippen LogP contribution in [0.1, 0.15) is 29.6 Å². The van der Waals surface area contributed by atoms with E-state index in [-0.39, 0.29) is 11.8 Å². The summed E-state index contributed by atoms with van der Waals surface area (Å²) in [6.07, 6.45) is 2.84. The molecular weight excluding hydrogens is 358 g/mol. The molecular formula is C17H22BrN3O2. The Kier molecular flexibility index (Phi) is 5.33. The van der Waals surface area contributed by atoms with E-state index in [1.807, 2.05) is 34.1 Å². The summed E-state index contributed by atoms with van der Waals surface area (Å²) in [7, 11) is 0. The van der Waals surface area contributed by atoms with Crippen molar-refractivity contribution in [1.29, 1.82) is 0 Å². The van der Waals surface area contributed by atoms with E-state index in [9.17, 15) is 9.59 Å². The summed E-state index contributed by atoms with van der Waals surface area (Å²) in [6.45, 7) is 3.51. The lowest BCUT2D eigenvalue weighted by molar-refractivity contribution is -0.133. The van der Waals surface area contributed by atoms with Crippen LogP contribution in [0.4, 0.5) is 0 Å². The summed E-state index contributed by atoms with van der Waals surface area (Å²) in [5, 5.41) is 3.36. The van der Waals surface area contributed by atoms with E-state index < -0.39 is 0 Å². The summed E-state index contributed by atoms with van der Waals surface area (Å²) < 4.78 is 0.963. The smallest absolute Gasteiger partial charge is 0.253 e. The highest BCUT2D eigenvalue weighted by molar-refractivity contribution is 9.10. The minimum atomic E-state index is 0.0436. The van der Waals surface area contributed by atoms with Gasteiger partial charge in [0.15, 0.2) is 0 Å². The lowest BCUT2D eigenvalue weighted by atomic mass is 10.1. The van der Waals surface area contributed by atoms with Crippen LogP contribution in [0.25, 0.3) is 0 Å². The molecule has 0 aliphatic carbocycles. The van der Waals surface area contributed by atoms with Gasteiger partial charge in [-0.2, -0.15) is 0 Å². The SMILES string of the molecule is O=C(CC1CCCN1)N1CCN(C(=O)c2ccc(Br)cc2)CC1. The Morgan fingerprint density at radius 1 is 1.09 bits per heavy atom. The summed E-state index contributed by atoms with van der Waals surface area (Å²) >= 11 is 3.38. The highest BCUT2D eigenvalue weighted by Crippen LogP contribution is 2.15. The fourth-order valence-corrected chi connectivity index (χ4v) is 3.47. The second-order valence-corrected chi connectivity index (χ2v) is 7.09. The molecule has 0 radical (unpaired) electrons. The van der Waals surface area contributed by atoms with Gasteiger partial charge < -0.3 is 15.1 Å². The van der Waals surface area contributed by atoms with Crippen molar-refractivity contribution in [3.63, 3.8) is 0 Å². The average Bonchev–Trinajstić information content (AvgIpc) is 3.08. The fourth-order valence-electron chi connectivity index (χ4n) is 3.20. The van der Waals surface area contributed by atoms with Gasteiger partial charge in [0, 0.05) is 48.7 Å². The van der Waals surface area contributed by atoms with Crippen LogP contribution in [0.5, 0.6) is 0 Å². The number of halogens is 1. The van der Waals surface area contributed by atoms with Gasteiger partial charge in [0.05, 0.1) is 0 Å². The Labute approximate surface area is 145 Å². The molecule has 0 spiro atoms. The van der Waals surface area contributed by atoms with Crippen molar-refractivity contribution < 1.29 is 9.59 Å². The number of rotatable bonds is 3. The first kappa shape index (κ1) is 16.5. The van der Waals surface area contributed by atoms with E-state index >= 15 is 0 Å². The molecule has 2 heterocycles. The Bertz CT molecular complexity index is 562. The molecule has 1 N–H and O–H groups in total. The normalized spacial score (nSPS) is 21.5. The third-order valence-corrected chi connectivity index (χ3v) is 5.12. The zero-order valence-electron chi connectivity index (χ0n) is 13.1. The number of amides is 2. The molecule has 1 atom stereocenters. The van der Waals surface area contributed by atoms with Crippen LogP contribution in [-0.4, -0.2) is 60.4 Å². The number of nitrogens with zero attached hydrogens (tertiary/aromatic N) is 2. The molecule has 0 aromatic heterocycles. The fraction of sp³-hybridized carbons (Fsp3) is 0.529. The Hall–Kier alpha value is -1.40. The van der Waals surface area contributed by atoms with Gasteiger partial charge in [0.2, 0.25) is 5.91 Å². The summed E-state index contributed by atoms with van der Waals surface area (Å²) in [5.74, 6) is 0.252. The number of carbonyl (C=O) groups excluding carboxylic acids is 2. The Morgan fingerprint density at radius 3 is 2.35 bits per heavy atom. The van der Waals surface area contributed by atoms with Crippen LogP contribution in [0.2, 0.25) is 0 Å². The number of hydrogen-bond donors (Lipinski definition) is 1. The standard InChI is InChI=1S/C17H22BrN3O2/c18-14-5-3-13(4-6-14)17(23)21-10-8-20(9-11-21)16(22)12-15-2-1-7-19-15/h3-6,15,19H,1-2,7-12H2. The maximum Gasteiger partial charge on any atom is 0.253 e. The van der Waals surface area contributed by atoms with Crippen molar-refractivity contribution in [1.82, 2.24) is 15.1 Å². The lowest BCUT2D eigenvalue weighted by Gasteiger charge is -2.35. The molecule has 2 saturated heterocycles. The van der Waals surface area contributed by atoms with Gasteiger partial charge in [0.25, 0.3) is 5.91 Å². The predicted molar refractivity (Wildman–Crippen MR) is 92.3 cm³/mol. The van der Waals surface area contributed by atoms with Crippen LogP contribution in [-0.2, 0) is 4.79 Å². The molecule has 6 heteroatoms. The van der Waals surface area contributed by atoms with Crippen molar-refractivity contribution >= 4 is 27.7 Å². The molecule has 0 bridgehead atoms. The maximum absolute atomic E-state index is 12.5. The highest BCUT2D eigenvalue weighted by atomic mass is 79.9. The number of piperazine rings is 1. The van der Waals surface area contributed by atoms with Crippen molar-refractivity contribution in [2.45, 2.75) is 25.3 Å². The van der Waals surface area contributed by atoms with Crippen LogP contribution in [0, 0.1) is 0 Å². The first-order valence-electron chi connectivity index (χ1n) is 8.19. The minimum Gasteiger partial charge on any atom is -0.339 e. The summed E-state index contributed by atoms with van der Waals surface area (Å²) in [4.78, 5) is 28.5. The number of nitrogens with one attached hydrogen (secondary N) is 1. The molecule has 1 aromatic rings. The van der Waals surface area contributed by atoms with E-state index in [4.69, 9.17) is 0 Å². The van der Waals surface area contributed by atoms with Gasteiger partial charge in [-0.25, -0.2) is 0 Å². The Morgan fingerprint density at radius 2 is 1.74 bits per heavy atom. The van der Waals surface area contributed by atoms with Gasteiger partial charge in [0.1, 0.15) is 0 Å². The average molecular weight is 380 g/mol. The quantitative estimate of drug-likeness (QED) is 0.871. The third-order valence-electron chi connectivity index (χ3n) is 4.59. The van der Waals surface area contributed by atoms with Gasteiger partial charge in [-0.1, -0.05) is 15.9 Å². The number of carbonyl (C=O) groups is 2. The van der Waals surface area contributed by atoms with Gasteiger partial charge >= 0.3 is 0 Å². The van der Waals surface area contributed by atoms with Gasteiger partial charge in [-0.05, 0) is 43.7 Å². The van der Waals surface area contributed by atoms with Crippen molar-refractivity contribution in [2.24, 2.45) is 0 Å². The molecule has 1 unspecified atom stereocenters. The Balaban J connectivity index is 1.50. The van der Waals surface area contributed by atoms with Crippen LogP contribution in [0.3, 0.4) is 0 Å². The van der Waals surface area contributed by atoms with Crippen molar-refractivity contribution in [3.8, 4) is 0 Å². The molecule has 2 aliphatic heterocycles. The second-order valence-electron chi connectivity index (χ2n) is 6.18. The molecule has 23 heavy (non-hydrogen) atoms. The molecule has 5 nitrogen and oxygen atoms in total. The van der Waals surface area contributed by atoms with Crippen LogP contribution in [0.15, 0.2) is 28.7 Å². The van der Waals surface area contributed by atoms with Gasteiger partial charge in [-0.3, -0.25) is 9.59 Å². The molecule has 2 fully saturated rings. The van der Waals surface area contributed by atoms with Crippen LogP contribution >= 0.6 is 15.9 Å². The topological polar surface area (TPSA) is 52.7 Å². The van der Waals surface area contributed by atoms with Crippen molar-refractivity contribution in [2.75, 3.05) is 32.7 Å². The van der Waals surface area contributed by atoms with E-state index in [0.717, 1.165) is 23.9 Å². The van der Waals surface area contributed by atoms with Crippen molar-refractivity contribution in [3.05, 3.63) is 34.3 Å². The first-order valence-corrected chi connectivity index (χ1v) is 8.99. The molecule has 1 aromatic carbocycles. The monoisotopic (exact) mass is 379 g/mol. The molecule has 2 amide bonds. The van der Waals surface area contributed by atoms with E-state index in [2.05, 4.69) is 21.2 Å². The van der Waals surface area contributed by atoms with Crippen LogP contribution < -0.4 is 5.32 Å². The molecule has 2 aliphatic rings. The summed E-state index contributed by atoms with van der Waals surface area (Å²) in [5.41, 5.74) is 0.697. The molecule has 3 rings (SSSR count). The van der Waals surface area contributed by atoms with E-state index in [1.54, 1.807) is 0 Å². The summed E-state index contributed by atoms with van der Waals surface area (Å²) in [6, 6.07) is 7.75. The van der Waals surface area contributed by atoms with Gasteiger partial charge in [-0.15, -0.1) is 0 Å². The molecule has 124 valence electrons. The first-order chi connectivity index (χ1) is 11.1. The number of hydrogen-bond acceptors (Lipinski definition) is 3. The maximum atomic E-state index is 12.5. The van der Waals surface area contributed by atoms with E-state index in [1.165, 1.54) is 0 Å². The zero-order valence-corrected chi connectivity index (χ0v) is 14.7. The largest absolute Gasteiger partial charge is 0.339 e. The predicted octanol–water partition coefficient (Wildman–Crippen LogP) is 1.88.